The Bertz CT molecular complexity index is 962. The lowest BCUT2D eigenvalue weighted by atomic mass is 9.98. The molecule has 2 aromatic rings. The van der Waals surface area contributed by atoms with Crippen LogP contribution < -0.4 is 0 Å². The Kier molecular flexibility index (Phi) is 5.38. The third-order valence-corrected chi connectivity index (χ3v) is 4.53. The van der Waals surface area contributed by atoms with Crippen LogP contribution in [0.3, 0.4) is 0 Å². The Hall–Kier alpha value is -2.85. The van der Waals surface area contributed by atoms with Gasteiger partial charge in [0.2, 0.25) is 0 Å². The molecule has 0 aliphatic carbocycles. The highest BCUT2D eigenvalue weighted by Crippen LogP contribution is 2.29. The largest absolute Gasteiger partial charge is 0.480 e. The van der Waals surface area contributed by atoms with Crippen LogP contribution in [-0.2, 0) is 15.1 Å². The smallest absolute Gasteiger partial charge is 0.363 e. The molecular formula is C16H13F2NO6S. The molecule has 10 heteroatoms. The standard InChI is InChI=1S/C16H13F2NO6S/c1-9(16(21)22)19(26(23,24)25)15(20)13-11(7-8-12(17)14(13)18)10-5-3-2-4-6-10/h2-9H,1H3,(H,21,22)(H,23,24,25)/t9-/m0/s1. The van der Waals surface area contributed by atoms with Crippen LogP contribution in [-0.4, -0.2) is 40.3 Å². The van der Waals surface area contributed by atoms with Gasteiger partial charge in [0.15, 0.2) is 11.6 Å². The zero-order valence-corrected chi connectivity index (χ0v) is 14.1. The number of carboxylic acid groups (broad SMARTS) is 1. The topological polar surface area (TPSA) is 112 Å². The normalized spacial score (nSPS) is 12.5. The Labute approximate surface area is 147 Å². The van der Waals surface area contributed by atoms with Crippen molar-refractivity contribution in [1.82, 2.24) is 4.31 Å². The Morgan fingerprint density at radius 2 is 1.65 bits per heavy atom. The summed E-state index contributed by atoms with van der Waals surface area (Å²) >= 11 is 0. The fourth-order valence-electron chi connectivity index (χ4n) is 2.31. The molecule has 7 nitrogen and oxygen atoms in total. The quantitative estimate of drug-likeness (QED) is 0.764. The highest BCUT2D eigenvalue weighted by atomic mass is 32.2. The number of nitrogens with zero attached hydrogens (tertiary/aromatic N) is 1. The first-order valence-electron chi connectivity index (χ1n) is 7.13. The Balaban J connectivity index is 2.75. The lowest BCUT2D eigenvalue weighted by Gasteiger charge is -2.24. The summed E-state index contributed by atoms with van der Waals surface area (Å²) in [6, 6.07) is 7.38. The minimum absolute atomic E-state index is 0.166. The average molecular weight is 385 g/mol. The van der Waals surface area contributed by atoms with Crippen molar-refractivity contribution in [2.45, 2.75) is 13.0 Å². The van der Waals surface area contributed by atoms with E-state index in [1.807, 2.05) is 0 Å². The van der Waals surface area contributed by atoms with E-state index in [4.69, 9.17) is 5.11 Å². The Morgan fingerprint density at radius 1 is 1.08 bits per heavy atom. The molecular weight excluding hydrogens is 372 g/mol. The summed E-state index contributed by atoms with van der Waals surface area (Å²) in [6.45, 7) is 0.799. The minimum Gasteiger partial charge on any atom is -0.480 e. The minimum atomic E-state index is -5.37. The van der Waals surface area contributed by atoms with Gasteiger partial charge in [-0.1, -0.05) is 36.4 Å². The molecule has 0 aliphatic heterocycles. The second-order valence-electron chi connectivity index (χ2n) is 5.24. The van der Waals surface area contributed by atoms with Gasteiger partial charge in [-0.3, -0.25) is 9.35 Å². The number of hydrogen-bond donors (Lipinski definition) is 2. The van der Waals surface area contributed by atoms with E-state index in [2.05, 4.69) is 0 Å². The third-order valence-electron chi connectivity index (χ3n) is 3.55. The van der Waals surface area contributed by atoms with Gasteiger partial charge in [-0.15, -0.1) is 0 Å². The van der Waals surface area contributed by atoms with Crippen LogP contribution >= 0.6 is 0 Å². The van der Waals surface area contributed by atoms with Crippen LogP contribution in [0.25, 0.3) is 11.1 Å². The highest BCUT2D eigenvalue weighted by Gasteiger charge is 2.38. The second-order valence-corrected chi connectivity index (χ2v) is 6.53. The molecule has 0 aromatic heterocycles. The van der Waals surface area contributed by atoms with Gasteiger partial charge in [-0.2, -0.15) is 12.7 Å². The van der Waals surface area contributed by atoms with E-state index in [-0.39, 0.29) is 11.1 Å². The molecule has 1 atom stereocenters. The molecule has 0 unspecified atom stereocenters. The van der Waals surface area contributed by atoms with Crippen molar-refractivity contribution in [2.75, 3.05) is 0 Å². The zero-order chi connectivity index (χ0) is 19.6. The zero-order valence-electron chi connectivity index (χ0n) is 13.3. The van der Waals surface area contributed by atoms with Crippen molar-refractivity contribution in [2.24, 2.45) is 0 Å². The van der Waals surface area contributed by atoms with Gasteiger partial charge in [0.25, 0.3) is 5.91 Å². The molecule has 0 radical (unpaired) electrons. The van der Waals surface area contributed by atoms with Gasteiger partial charge < -0.3 is 5.11 Å². The first kappa shape index (κ1) is 19.5. The van der Waals surface area contributed by atoms with Crippen molar-refractivity contribution in [3.63, 3.8) is 0 Å². The van der Waals surface area contributed by atoms with E-state index in [0.29, 0.717) is 0 Å². The second kappa shape index (κ2) is 7.18. The molecule has 0 saturated heterocycles. The number of hydrogen-bond acceptors (Lipinski definition) is 4. The summed E-state index contributed by atoms with van der Waals surface area (Å²) in [5.41, 5.74) is -0.921. The highest BCUT2D eigenvalue weighted by molar-refractivity contribution is 7.84. The van der Waals surface area contributed by atoms with E-state index in [1.165, 1.54) is 12.1 Å². The molecule has 0 saturated carbocycles. The average Bonchev–Trinajstić information content (AvgIpc) is 2.56. The summed E-state index contributed by atoms with van der Waals surface area (Å²) in [6.07, 6.45) is 0. The van der Waals surface area contributed by atoms with Crippen molar-refractivity contribution >= 4 is 22.2 Å². The van der Waals surface area contributed by atoms with E-state index in [1.54, 1.807) is 18.2 Å². The molecule has 2 N–H and O–H groups in total. The molecule has 138 valence electrons. The number of carbonyl (C=O) groups excluding carboxylic acids is 1. The number of carbonyl (C=O) groups is 2. The van der Waals surface area contributed by atoms with Crippen LogP contribution in [0.4, 0.5) is 8.78 Å². The first-order chi connectivity index (χ1) is 12.1. The summed E-state index contributed by atoms with van der Waals surface area (Å²) < 4.78 is 59.9. The van der Waals surface area contributed by atoms with E-state index in [9.17, 15) is 31.3 Å². The maximum absolute atomic E-state index is 14.4. The number of aliphatic carboxylic acids is 1. The van der Waals surface area contributed by atoms with Gasteiger partial charge in [0.1, 0.15) is 6.04 Å². The summed E-state index contributed by atoms with van der Waals surface area (Å²) in [4.78, 5) is 23.7. The molecule has 0 fully saturated rings. The molecule has 2 rings (SSSR count). The van der Waals surface area contributed by atoms with E-state index in [0.717, 1.165) is 19.1 Å². The summed E-state index contributed by atoms with van der Waals surface area (Å²) in [5.74, 6) is -6.58. The lowest BCUT2D eigenvalue weighted by Crippen LogP contribution is -2.47. The van der Waals surface area contributed by atoms with Gasteiger partial charge >= 0.3 is 16.3 Å². The maximum Gasteiger partial charge on any atom is 0.363 e. The van der Waals surface area contributed by atoms with Crippen molar-refractivity contribution in [3.8, 4) is 11.1 Å². The Morgan fingerprint density at radius 3 is 2.15 bits per heavy atom. The maximum atomic E-state index is 14.4. The van der Waals surface area contributed by atoms with Crippen LogP contribution in [0.15, 0.2) is 42.5 Å². The predicted molar refractivity (Wildman–Crippen MR) is 86.6 cm³/mol. The van der Waals surface area contributed by atoms with Crippen molar-refractivity contribution in [1.29, 1.82) is 0 Å². The molecule has 1 amide bonds. The number of benzene rings is 2. The van der Waals surface area contributed by atoms with Crippen LogP contribution in [0.2, 0.25) is 0 Å². The number of carboxylic acids is 1. The van der Waals surface area contributed by atoms with Crippen molar-refractivity contribution < 1.29 is 36.4 Å². The molecule has 2 aromatic carbocycles. The van der Waals surface area contributed by atoms with E-state index < -0.39 is 49.7 Å². The first-order valence-corrected chi connectivity index (χ1v) is 8.52. The fraction of sp³-hybridized carbons (Fsp3) is 0.125. The van der Waals surface area contributed by atoms with Gasteiger partial charge in [0, 0.05) is 0 Å². The van der Waals surface area contributed by atoms with Gasteiger partial charge in [-0.05, 0) is 24.1 Å². The van der Waals surface area contributed by atoms with Gasteiger partial charge in [-0.25, -0.2) is 13.6 Å². The predicted octanol–water partition coefficient (Wildman–Crippen LogP) is 2.35. The number of halogens is 2. The molecule has 0 aliphatic rings. The molecule has 0 spiro atoms. The molecule has 0 bridgehead atoms. The van der Waals surface area contributed by atoms with E-state index >= 15 is 0 Å². The SMILES string of the molecule is C[C@@H](C(=O)O)N(C(=O)c1c(-c2ccccc2)ccc(F)c1F)S(=O)(=O)O. The number of rotatable bonds is 5. The summed E-state index contributed by atoms with van der Waals surface area (Å²) in [7, 11) is -5.37. The monoisotopic (exact) mass is 385 g/mol. The lowest BCUT2D eigenvalue weighted by molar-refractivity contribution is -0.140. The van der Waals surface area contributed by atoms with Gasteiger partial charge in [0.05, 0.1) is 5.56 Å². The molecule has 0 heterocycles. The summed E-state index contributed by atoms with van der Waals surface area (Å²) in [5, 5.41) is 8.98. The van der Waals surface area contributed by atoms with Crippen LogP contribution in [0.5, 0.6) is 0 Å². The van der Waals surface area contributed by atoms with Crippen LogP contribution in [0.1, 0.15) is 17.3 Å². The third kappa shape index (κ3) is 3.70. The fourth-order valence-corrected chi connectivity index (χ4v) is 3.10. The molecule has 26 heavy (non-hydrogen) atoms. The van der Waals surface area contributed by atoms with Crippen molar-refractivity contribution in [3.05, 3.63) is 59.7 Å². The number of amides is 1. The van der Waals surface area contributed by atoms with Crippen LogP contribution in [0, 0.1) is 11.6 Å².